The normalized spacial score (nSPS) is 25.2. The second kappa shape index (κ2) is 7.50. The fraction of sp³-hybridized carbons (Fsp3) is 0.273. The summed E-state index contributed by atoms with van der Waals surface area (Å²) in [4.78, 5) is 36.8. The molecule has 4 rings (SSSR count). The molecular weight excluding hydrogens is 374 g/mol. The van der Waals surface area contributed by atoms with Gasteiger partial charge in [0.15, 0.2) is 17.3 Å². The van der Waals surface area contributed by atoms with Crippen LogP contribution in [0.5, 0.6) is 11.5 Å². The maximum Gasteiger partial charge on any atom is 0.234 e. The largest absolute Gasteiger partial charge is 0.454 e. The predicted octanol–water partition coefficient (Wildman–Crippen LogP) is 3.42. The zero-order chi connectivity index (χ0) is 20.5. The molecule has 0 amide bonds. The molecule has 0 saturated carbocycles. The number of ketones is 1. The molecule has 1 aliphatic heterocycles. The lowest BCUT2D eigenvalue weighted by Crippen LogP contribution is -2.46. The Kier molecular flexibility index (Phi) is 4.88. The van der Waals surface area contributed by atoms with E-state index < -0.39 is 28.7 Å². The summed E-state index contributed by atoms with van der Waals surface area (Å²) in [5.74, 6) is -1.54. The summed E-state index contributed by atoms with van der Waals surface area (Å²) in [6.07, 6.45) is 2.34. The summed E-state index contributed by atoms with van der Waals surface area (Å²) >= 11 is 0. The molecule has 1 aliphatic carbocycles. The number of carbonyl (C=O) groups excluding carboxylic acids is 2. The van der Waals surface area contributed by atoms with Crippen LogP contribution in [0.1, 0.15) is 28.8 Å². The highest BCUT2D eigenvalue weighted by Crippen LogP contribution is 2.43. The van der Waals surface area contributed by atoms with Crippen LogP contribution in [-0.4, -0.2) is 29.8 Å². The molecule has 7 nitrogen and oxygen atoms in total. The monoisotopic (exact) mass is 393 g/mol. The van der Waals surface area contributed by atoms with Gasteiger partial charge in [0, 0.05) is 16.1 Å². The molecule has 7 heteroatoms. The third-order valence-electron chi connectivity index (χ3n) is 5.59. The number of hydrogen-bond acceptors (Lipinski definition) is 6. The van der Waals surface area contributed by atoms with Crippen LogP contribution < -0.4 is 9.47 Å². The number of ether oxygens (including phenoxy) is 2. The van der Waals surface area contributed by atoms with Crippen LogP contribution in [0.3, 0.4) is 0 Å². The Labute approximate surface area is 167 Å². The van der Waals surface area contributed by atoms with Gasteiger partial charge in [-0.15, -0.1) is 0 Å². The van der Waals surface area contributed by atoms with Gasteiger partial charge in [0.05, 0.1) is 11.8 Å². The summed E-state index contributed by atoms with van der Waals surface area (Å²) in [6.45, 7) is 1.81. The number of Topliss-reactive ketones (excluding diaryl/α,β-unsaturated/α-hetero) is 1. The minimum Gasteiger partial charge on any atom is -0.454 e. The van der Waals surface area contributed by atoms with Crippen molar-refractivity contribution in [3.63, 3.8) is 0 Å². The number of benzene rings is 2. The number of hydrogen-bond donors (Lipinski definition) is 0. The fourth-order valence-electron chi connectivity index (χ4n) is 4.28. The Balaban J connectivity index is 1.79. The van der Waals surface area contributed by atoms with E-state index in [0.29, 0.717) is 34.5 Å². The molecule has 29 heavy (non-hydrogen) atoms. The van der Waals surface area contributed by atoms with Gasteiger partial charge in [-0.05, 0) is 29.7 Å². The lowest BCUT2D eigenvalue weighted by atomic mass is 9.67. The predicted molar refractivity (Wildman–Crippen MR) is 104 cm³/mol. The zero-order valence-corrected chi connectivity index (χ0v) is 15.7. The van der Waals surface area contributed by atoms with Crippen LogP contribution in [0, 0.1) is 22.0 Å². The van der Waals surface area contributed by atoms with Gasteiger partial charge in [-0.1, -0.05) is 43.3 Å². The third kappa shape index (κ3) is 3.29. The second-order valence-corrected chi connectivity index (χ2v) is 7.27. The van der Waals surface area contributed by atoms with E-state index in [-0.39, 0.29) is 12.6 Å². The van der Waals surface area contributed by atoms with Crippen LogP contribution >= 0.6 is 0 Å². The summed E-state index contributed by atoms with van der Waals surface area (Å²) < 4.78 is 10.6. The van der Waals surface area contributed by atoms with Crippen molar-refractivity contribution in [2.45, 2.75) is 18.9 Å². The molecule has 4 atom stereocenters. The molecule has 1 heterocycles. The number of allylic oxidation sites excluding steroid dienone is 1. The van der Waals surface area contributed by atoms with Gasteiger partial charge >= 0.3 is 0 Å². The Hall–Kier alpha value is -3.48. The third-order valence-corrected chi connectivity index (χ3v) is 5.59. The standard InChI is InChI=1S/C22H19NO6/c1-13-9-16(11-24)20(14-5-3-2-4-6-14)21(23(26)27)19(13)22(25)15-7-8-17-18(10-15)29-12-28-17/h2-11,13,19-21H,12H2,1H3/t13-,19+,20+,21+/m0/s1. The van der Waals surface area contributed by atoms with E-state index >= 15 is 0 Å². The van der Waals surface area contributed by atoms with Crippen LogP contribution in [0.25, 0.3) is 0 Å². The summed E-state index contributed by atoms with van der Waals surface area (Å²) in [5.41, 5.74) is 1.30. The highest BCUT2D eigenvalue weighted by Gasteiger charge is 2.50. The first-order valence-corrected chi connectivity index (χ1v) is 9.30. The van der Waals surface area contributed by atoms with E-state index in [1.807, 2.05) is 0 Å². The van der Waals surface area contributed by atoms with Gasteiger partial charge < -0.3 is 9.47 Å². The van der Waals surface area contributed by atoms with Crippen molar-refractivity contribution in [1.82, 2.24) is 0 Å². The van der Waals surface area contributed by atoms with Crippen molar-refractivity contribution < 1.29 is 24.0 Å². The first-order chi connectivity index (χ1) is 14.0. The van der Waals surface area contributed by atoms with E-state index in [1.165, 1.54) is 0 Å². The van der Waals surface area contributed by atoms with Gasteiger partial charge in [-0.2, -0.15) is 0 Å². The van der Waals surface area contributed by atoms with Crippen molar-refractivity contribution in [2.24, 2.45) is 11.8 Å². The van der Waals surface area contributed by atoms with Crippen molar-refractivity contribution in [2.75, 3.05) is 6.79 Å². The molecule has 2 aliphatic rings. The number of carbonyl (C=O) groups is 2. The fourth-order valence-corrected chi connectivity index (χ4v) is 4.28. The number of aldehydes is 1. The second-order valence-electron chi connectivity index (χ2n) is 7.27. The molecule has 2 aromatic carbocycles. The number of nitrogens with zero attached hydrogens (tertiary/aromatic N) is 1. The minimum absolute atomic E-state index is 0.0752. The molecule has 0 aromatic heterocycles. The molecule has 0 unspecified atom stereocenters. The Morgan fingerprint density at radius 2 is 1.86 bits per heavy atom. The highest BCUT2D eigenvalue weighted by atomic mass is 16.7. The number of fused-ring (bicyclic) bond motifs is 1. The maximum absolute atomic E-state index is 13.4. The molecular formula is C22H19NO6. The van der Waals surface area contributed by atoms with Crippen molar-refractivity contribution in [1.29, 1.82) is 0 Å². The van der Waals surface area contributed by atoms with Gasteiger partial charge in [0.2, 0.25) is 12.8 Å². The summed E-state index contributed by atoms with van der Waals surface area (Å²) in [7, 11) is 0. The first kappa shape index (κ1) is 18.9. The van der Waals surface area contributed by atoms with Crippen molar-refractivity contribution in [3.8, 4) is 11.5 Å². The zero-order valence-electron chi connectivity index (χ0n) is 15.7. The van der Waals surface area contributed by atoms with E-state index in [1.54, 1.807) is 61.5 Å². The average molecular weight is 393 g/mol. The quantitative estimate of drug-likeness (QED) is 0.334. The first-order valence-electron chi connectivity index (χ1n) is 9.30. The van der Waals surface area contributed by atoms with Gasteiger partial charge in [0.25, 0.3) is 0 Å². The van der Waals surface area contributed by atoms with E-state index in [9.17, 15) is 19.7 Å². The summed E-state index contributed by atoms with van der Waals surface area (Å²) in [5, 5.41) is 12.1. The molecule has 0 radical (unpaired) electrons. The molecule has 0 spiro atoms. The van der Waals surface area contributed by atoms with E-state index in [4.69, 9.17) is 9.47 Å². The SMILES string of the molecule is C[C@H]1C=C(C=O)[C@@H](c2ccccc2)[C@H]([N+](=O)[O-])[C@@H]1C(=O)c1ccc2c(c1)OCO2. The van der Waals surface area contributed by atoms with Gasteiger partial charge in [0.1, 0.15) is 6.29 Å². The Morgan fingerprint density at radius 3 is 2.55 bits per heavy atom. The lowest BCUT2D eigenvalue weighted by molar-refractivity contribution is -0.533. The Morgan fingerprint density at radius 1 is 1.14 bits per heavy atom. The van der Waals surface area contributed by atoms with Crippen molar-refractivity contribution in [3.05, 3.63) is 81.4 Å². The average Bonchev–Trinajstić information content (AvgIpc) is 3.20. The van der Waals surface area contributed by atoms with Crippen molar-refractivity contribution >= 4 is 12.1 Å². The molecule has 0 saturated heterocycles. The van der Waals surface area contributed by atoms with Crippen LogP contribution in [0.15, 0.2) is 60.2 Å². The Bertz CT molecular complexity index is 1000. The minimum atomic E-state index is -1.25. The van der Waals surface area contributed by atoms with Crippen LogP contribution in [0.4, 0.5) is 0 Å². The molecule has 2 aromatic rings. The highest BCUT2D eigenvalue weighted by molar-refractivity contribution is 5.99. The lowest BCUT2D eigenvalue weighted by Gasteiger charge is -2.34. The molecule has 0 bridgehead atoms. The number of nitro groups is 1. The maximum atomic E-state index is 13.4. The number of rotatable bonds is 5. The topological polar surface area (TPSA) is 95.7 Å². The van der Waals surface area contributed by atoms with Crippen LogP contribution in [0.2, 0.25) is 0 Å². The smallest absolute Gasteiger partial charge is 0.234 e. The van der Waals surface area contributed by atoms with E-state index in [0.717, 1.165) is 0 Å². The van der Waals surface area contributed by atoms with Gasteiger partial charge in [-0.25, -0.2) is 0 Å². The summed E-state index contributed by atoms with van der Waals surface area (Å²) in [6, 6.07) is 12.4. The van der Waals surface area contributed by atoms with Crippen LogP contribution in [-0.2, 0) is 4.79 Å². The van der Waals surface area contributed by atoms with E-state index in [2.05, 4.69) is 0 Å². The molecule has 0 fully saturated rings. The van der Waals surface area contributed by atoms with Gasteiger partial charge in [-0.3, -0.25) is 19.7 Å². The molecule has 0 N–H and O–H groups in total. The molecule has 148 valence electrons.